The van der Waals surface area contributed by atoms with Gasteiger partial charge in [0.05, 0.1) is 25.4 Å². The zero-order chi connectivity index (χ0) is 41.1. The van der Waals surface area contributed by atoms with Gasteiger partial charge in [-0.05, 0) is 64.2 Å². The third kappa shape index (κ3) is 40.1. The van der Waals surface area contributed by atoms with E-state index in [1.54, 1.807) is 6.08 Å². The number of aliphatic hydroxyl groups excluding tert-OH is 1. The molecule has 0 fully saturated rings. The molecular formula is C47H85N2O6P. The molecule has 9 heteroatoms. The van der Waals surface area contributed by atoms with Crippen LogP contribution in [0.5, 0.6) is 0 Å². The number of phosphoric acid groups is 1. The number of nitrogens with one attached hydrogen (secondary N) is 1. The standard InChI is InChI=1S/C47H85N2O6P/c1-3-5-7-9-11-13-15-17-19-21-23-25-27-29-31-33-35-37-39-41-47(51)49-45(44-55-56(52,53)54-43-42-48)46(50)40-38-36-34-32-30-28-26-24-22-20-18-16-14-12-10-8-6-4-2/h5,7,11,13,17,19,23,25,29,31,38,40,45-46,50H,3-4,6,8-10,12,14-16,18,20-22,24,26-28,30,32-37,39,41-44,48H2,1-2H3,(H,49,51)(H,52,53)/b7-5-,13-11-,19-17-,25-23-,31-29-,40-38+. The number of aliphatic hydroxyl groups is 1. The zero-order valence-corrected chi connectivity index (χ0v) is 36.7. The van der Waals surface area contributed by atoms with Crippen molar-refractivity contribution in [1.82, 2.24) is 5.32 Å². The first-order chi connectivity index (χ1) is 27.4. The normalized spacial score (nSPS) is 14.7. The van der Waals surface area contributed by atoms with Crippen molar-refractivity contribution in [2.45, 2.75) is 199 Å². The number of phosphoric ester groups is 1. The van der Waals surface area contributed by atoms with E-state index in [1.807, 2.05) is 6.08 Å². The van der Waals surface area contributed by atoms with E-state index in [4.69, 9.17) is 14.8 Å². The van der Waals surface area contributed by atoms with Crippen LogP contribution in [0.4, 0.5) is 0 Å². The highest BCUT2D eigenvalue weighted by atomic mass is 31.2. The largest absolute Gasteiger partial charge is 0.472 e. The summed E-state index contributed by atoms with van der Waals surface area (Å²) in [6.45, 7) is 3.99. The molecule has 0 aromatic carbocycles. The van der Waals surface area contributed by atoms with Gasteiger partial charge in [-0.15, -0.1) is 0 Å². The van der Waals surface area contributed by atoms with Crippen molar-refractivity contribution >= 4 is 13.7 Å². The molecule has 0 saturated carbocycles. The third-order valence-corrected chi connectivity index (χ3v) is 10.5. The molecule has 0 rings (SSSR count). The molecule has 0 radical (unpaired) electrons. The first-order valence-electron chi connectivity index (χ1n) is 22.6. The second-order valence-corrected chi connectivity index (χ2v) is 16.3. The van der Waals surface area contributed by atoms with Crippen molar-refractivity contribution in [3.05, 3.63) is 72.9 Å². The van der Waals surface area contributed by atoms with Gasteiger partial charge in [-0.25, -0.2) is 4.57 Å². The third-order valence-electron chi connectivity index (χ3n) is 9.54. The average molecular weight is 805 g/mol. The monoisotopic (exact) mass is 805 g/mol. The summed E-state index contributed by atoms with van der Waals surface area (Å²) in [5, 5.41) is 13.7. The van der Waals surface area contributed by atoms with Gasteiger partial charge in [0.25, 0.3) is 0 Å². The first kappa shape index (κ1) is 53.9. The molecule has 0 heterocycles. The number of amides is 1. The van der Waals surface area contributed by atoms with Crippen LogP contribution < -0.4 is 11.1 Å². The van der Waals surface area contributed by atoms with Crippen molar-refractivity contribution in [3.63, 3.8) is 0 Å². The fourth-order valence-corrected chi connectivity index (χ4v) is 6.92. The lowest BCUT2D eigenvalue weighted by Gasteiger charge is -2.23. The van der Waals surface area contributed by atoms with Gasteiger partial charge in [0, 0.05) is 13.0 Å². The van der Waals surface area contributed by atoms with Gasteiger partial charge < -0.3 is 21.1 Å². The molecule has 0 bridgehead atoms. The number of carbonyl (C=O) groups is 1. The van der Waals surface area contributed by atoms with Crippen LogP contribution in [0.1, 0.15) is 187 Å². The van der Waals surface area contributed by atoms with Gasteiger partial charge >= 0.3 is 7.82 Å². The molecule has 3 unspecified atom stereocenters. The van der Waals surface area contributed by atoms with E-state index in [9.17, 15) is 19.4 Å². The summed E-state index contributed by atoms with van der Waals surface area (Å²) in [5.74, 6) is -0.227. The maximum absolute atomic E-state index is 12.8. The molecule has 0 saturated heterocycles. The van der Waals surface area contributed by atoms with Gasteiger partial charge in [0.2, 0.25) is 5.91 Å². The van der Waals surface area contributed by atoms with Crippen LogP contribution in [0.15, 0.2) is 72.9 Å². The van der Waals surface area contributed by atoms with Crippen LogP contribution in [-0.4, -0.2) is 47.8 Å². The number of allylic oxidation sites excluding steroid dienone is 11. The molecule has 0 spiro atoms. The van der Waals surface area contributed by atoms with E-state index in [1.165, 1.54) is 89.9 Å². The molecule has 1 amide bonds. The van der Waals surface area contributed by atoms with Gasteiger partial charge in [-0.3, -0.25) is 13.8 Å². The van der Waals surface area contributed by atoms with E-state index in [-0.39, 0.29) is 25.7 Å². The Bertz CT molecular complexity index is 1100. The number of nitrogens with two attached hydrogens (primary N) is 1. The minimum absolute atomic E-state index is 0.0693. The van der Waals surface area contributed by atoms with Crippen LogP contribution >= 0.6 is 7.82 Å². The fraction of sp³-hybridized carbons (Fsp3) is 0.723. The first-order valence-corrected chi connectivity index (χ1v) is 24.1. The lowest BCUT2D eigenvalue weighted by atomic mass is 10.0. The van der Waals surface area contributed by atoms with Crippen LogP contribution in [0.25, 0.3) is 0 Å². The Labute approximate surface area is 344 Å². The number of carbonyl (C=O) groups excluding carboxylic acids is 1. The summed E-state index contributed by atoms with van der Waals surface area (Å²) in [5.41, 5.74) is 5.37. The van der Waals surface area contributed by atoms with Crippen molar-refractivity contribution in [3.8, 4) is 0 Å². The highest BCUT2D eigenvalue weighted by Gasteiger charge is 2.26. The second kappa shape index (κ2) is 42.5. The van der Waals surface area contributed by atoms with E-state index in [2.05, 4.69) is 79.9 Å². The molecular weight excluding hydrogens is 719 g/mol. The van der Waals surface area contributed by atoms with Gasteiger partial charge in [-0.2, -0.15) is 0 Å². The molecule has 0 aromatic rings. The lowest BCUT2D eigenvalue weighted by Crippen LogP contribution is -2.45. The highest BCUT2D eigenvalue weighted by Crippen LogP contribution is 2.43. The van der Waals surface area contributed by atoms with Crippen LogP contribution in [-0.2, 0) is 18.4 Å². The summed E-state index contributed by atoms with van der Waals surface area (Å²) in [6, 6.07) is -0.882. The Kier molecular flexibility index (Phi) is 41.0. The zero-order valence-electron chi connectivity index (χ0n) is 35.8. The molecule has 56 heavy (non-hydrogen) atoms. The van der Waals surface area contributed by atoms with Gasteiger partial charge in [-0.1, -0.05) is 189 Å². The fourth-order valence-electron chi connectivity index (χ4n) is 6.16. The molecule has 3 atom stereocenters. The predicted octanol–water partition coefficient (Wildman–Crippen LogP) is 12.8. The van der Waals surface area contributed by atoms with E-state index >= 15 is 0 Å². The second-order valence-electron chi connectivity index (χ2n) is 14.9. The molecule has 8 nitrogen and oxygen atoms in total. The van der Waals surface area contributed by atoms with E-state index < -0.39 is 20.0 Å². The topological polar surface area (TPSA) is 131 Å². The van der Waals surface area contributed by atoms with Crippen LogP contribution in [0.2, 0.25) is 0 Å². The minimum atomic E-state index is -4.35. The van der Waals surface area contributed by atoms with Crippen LogP contribution in [0.3, 0.4) is 0 Å². The average Bonchev–Trinajstić information content (AvgIpc) is 3.19. The summed E-state index contributed by atoms with van der Waals surface area (Å²) >= 11 is 0. The Morgan fingerprint density at radius 2 is 1.04 bits per heavy atom. The molecule has 0 aromatic heterocycles. The summed E-state index contributed by atoms with van der Waals surface area (Å²) in [7, 11) is -4.35. The van der Waals surface area contributed by atoms with Gasteiger partial charge in [0.1, 0.15) is 0 Å². The van der Waals surface area contributed by atoms with Crippen molar-refractivity contribution in [1.29, 1.82) is 0 Å². The summed E-state index contributed by atoms with van der Waals surface area (Å²) < 4.78 is 22.1. The number of hydrogen-bond donors (Lipinski definition) is 4. The van der Waals surface area contributed by atoms with Crippen molar-refractivity contribution < 1.29 is 28.4 Å². The Morgan fingerprint density at radius 1 is 0.607 bits per heavy atom. The molecule has 0 aliphatic carbocycles. The molecule has 0 aliphatic rings. The van der Waals surface area contributed by atoms with Crippen LogP contribution in [0, 0.1) is 0 Å². The molecule has 324 valence electrons. The van der Waals surface area contributed by atoms with E-state index in [0.29, 0.717) is 12.8 Å². The number of unbranched alkanes of at least 4 members (excludes halogenated alkanes) is 19. The highest BCUT2D eigenvalue weighted by molar-refractivity contribution is 7.47. The van der Waals surface area contributed by atoms with Gasteiger partial charge in [0.15, 0.2) is 0 Å². The SMILES string of the molecule is CC/C=C\C/C=C\C/C=C\C/C=C\C/C=C\CCCCCC(=O)NC(COP(=O)(O)OCCN)C(O)/C=C/CCCCCCCCCCCCCCCCCC. The maximum atomic E-state index is 12.8. The quantitative estimate of drug-likeness (QED) is 0.0275. The molecule has 0 aliphatic heterocycles. The smallest absolute Gasteiger partial charge is 0.387 e. The van der Waals surface area contributed by atoms with Crippen molar-refractivity contribution in [2.75, 3.05) is 19.8 Å². The predicted molar refractivity (Wildman–Crippen MR) is 240 cm³/mol. The summed E-state index contributed by atoms with van der Waals surface area (Å²) in [4.78, 5) is 22.7. The minimum Gasteiger partial charge on any atom is -0.387 e. The Balaban J connectivity index is 4.29. The Morgan fingerprint density at radius 3 is 1.52 bits per heavy atom. The summed E-state index contributed by atoms with van der Waals surface area (Å²) in [6.07, 6.45) is 55.2. The molecule has 5 N–H and O–H groups in total. The number of rotatable bonds is 41. The van der Waals surface area contributed by atoms with Crippen molar-refractivity contribution in [2.24, 2.45) is 5.73 Å². The number of hydrogen-bond acceptors (Lipinski definition) is 6. The van der Waals surface area contributed by atoms with E-state index in [0.717, 1.165) is 70.6 Å². The maximum Gasteiger partial charge on any atom is 0.472 e. The lowest BCUT2D eigenvalue weighted by molar-refractivity contribution is -0.123. The Hall–Kier alpha value is -2.06.